The van der Waals surface area contributed by atoms with Crippen LogP contribution in [0.5, 0.6) is 0 Å². The standard InChI is InChI=1S/C99H86BN5/c1-96(2,3)66-41-49-84-76(54-66)77-55-67(97(4,5)6)42-50-85(77)104(84)70-45-47-80-82(58-70)102-94-91(89-72(61-28-17-13-18-29-61)37-25-38-73(89)62-30-19-14-20-31-62)88(65-36-27-53-101-60-65)92(90-74(63-32-21-15-22-33-63)39-26-40-75(90)64-34-23-16-24-35-64)95-93(94)100(80)81-48-46-71(59-83(81)103-95)105-86-51-43-68(98(7,8)9)56-78(86)79-57-69(99(10,11)12)44-52-87(79)105/h13-60,102-103H,1-12H3/i13D,14D,15D,16D,17D,18D,19D,20D,21D,22D,23D,24D,25D,26D,28D,29D,30D,31D,32D,33D,34D,37D,38D,39D,40D. The lowest BCUT2D eigenvalue weighted by atomic mass is 9.33. The van der Waals surface area contributed by atoms with Crippen molar-refractivity contribution in [3.8, 4) is 89.3 Å². The summed E-state index contributed by atoms with van der Waals surface area (Å²) in [6.45, 7) is 24.5. The summed E-state index contributed by atoms with van der Waals surface area (Å²) in [5, 5.41) is 11.5. The summed E-state index contributed by atoms with van der Waals surface area (Å²) in [4.78, 5) is 4.76. The zero-order valence-electron chi connectivity index (χ0n) is 85.2. The van der Waals surface area contributed by atoms with Crippen LogP contribution < -0.4 is 27.0 Å². The van der Waals surface area contributed by atoms with Gasteiger partial charge in [-0.1, -0.05) is 283 Å². The van der Waals surface area contributed by atoms with E-state index in [1.54, 1.807) is 6.07 Å². The minimum atomic E-state index is -1.22. The fraction of sp³-hybridized carbons (Fsp3) is 0.162. The molecule has 6 heteroatoms. The van der Waals surface area contributed by atoms with Crippen LogP contribution in [0.2, 0.25) is 0 Å². The molecule has 510 valence electrons. The largest absolute Gasteiger partial charge is 0.356 e. The number of benzene rings is 13. The van der Waals surface area contributed by atoms with Gasteiger partial charge in [-0.05, 0) is 184 Å². The summed E-state index contributed by atoms with van der Waals surface area (Å²) in [6, 6.07) is 18.4. The van der Waals surface area contributed by atoms with Gasteiger partial charge in [0.25, 0.3) is 6.71 Å². The van der Waals surface area contributed by atoms with Gasteiger partial charge in [-0.15, -0.1) is 0 Å². The molecule has 105 heavy (non-hydrogen) atoms. The number of nitrogens with zero attached hydrogens (tertiary/aromatic N) is 3. The van der Waals surface area contributed by atoms with E-state index in [1.807, 2.05) is 36.4 Å². The van der Waals surface area contributed by atoms with E-state index in [2.05, 4.69) is 176 Å². The van der Waals surface area contributed by atoms with Gasteiger partial charge in [-0.2, -0.15) is 0 Å². The Morgan fingerprint density at radius 3 is 1.03 bits per heavy atom. The molecular formula is C99H86BN5. The predicted octanol–water partition coefficient (Wildman–Crippen LogP) is 24.8. The van der Waals surface area contributed by atoms with Crippen molar-refractivity contribution >= 4 is 89.5 Å². The van der Waals surface area contributed by atoms with Crippen LogP contribution in [0.15, 0.2) is 291 Å². The minimum absolute atomic E-state index is 0.0386. The zero-order chi connectivity index (χ0) is 93.8. The van der Waals surface area contributed by atoms with E-state index in [4.69, 9.17) is 10.5 Å². The number of anilines is 4. The summed E-state index contributed by atoms with van der Waals surface area (Å²) >= 11 is 0. The first-order chi connectivity index (χ1) is 61.0. The number of rotatable bonds is 9. The Labute approximate surface area is 653 Å². The highest BCUT2D eigenvalue weighted by Crippen LogP contribution is 2.57. The van der Waals surface area contributed by atoms with Crippen molar-refractivity contribution in [2.45, 2.75) is 105 Å². The molecule has 2 aliphatic rings. The first kappa shape index (κ1) is 43.4. The van der Waals surface area contributed by atoms with Gasteiger partial charge < -0.3 is 19.8 Å². The first-order valence-electron chi connectivity index (χ1n) is 47.7. The average molecular weight is 1380 g/mol. The van der Waals surface area contributed by atoms with E-state index >= 15 is 0 Å². The Morgan fingerprint density at radius 1 is 0.324 bits per heavy atom. The number of nitrogens with one attached hydrogen (secondary N) is 2. The van der Waals surface area contributed by atoms with Crippen LogP contribution in [0.3, 0.4) is 0 Å². The van der Waals surface area contributed by atoms with Crippen molar-refractivity contribution in [1.82, 2.24) is 14.1 Å². The molecule has 5 nitrogen and oxygen atoms in total. The molecule has 0 saturated carbocycles. The molecule has 0 spiro atoms. The van der Waals surface area contributed by atoms with E-state index in [0.717, 1.165) is 71.9 Å². The smallest absolute Gasteiger partial charge is 0.252 e. The lowest BCUT2D eigenvalue weighted by molar-refractivity contribution is 0.590. The number of fused-ring (bicyclic) bond motifs is 10. The fourth-order valence-electron chi connectivity index (χ4n) is 15.5. The SMILES string of the molecule is [2H]c1cc(-c2c([2H])c([2H])c([2H])c(-c3c([2H])c([2H])c([2H])c([2H])c3[2H])c2-c2c3c4c(c(-c5c(-c6c([2H])c([2H])c([2H])c([2H])c6[2H])c([2H])c([2H])c([2H])c5-c5c([2H])c([2H])c([2H])c([2H])c5[2H])c2-c2cccnc2)Nc2cc(-n5c6ccc(C(C)(C)C)cc6c6cc(C(C)(C)C)ccc65)ccc2B4c2ccc(-n4c5ccc(C(C)(C)C)cc5c5cc(C(C)(C)C)ccc54)cc2N3)c([2H])c([2H])c1[2H]. The molecule has 2 aliphatic heterocycles. The van der Waals surface area contributed by atoms with E-state index in [0.29, 0.717) is 33.7 Å². The molecule has 3 aromatic heterocycles. The molecule has 0 aliphatic carbocycles. The van der Waals surface area contributed by atoms with Crippen LogP contribution in [0, 0.1) is 0 Å². The van der Waals surface area contributed by atoms with Gasteiger partial charge in [-0.25, -0.2) is 0 Å². The molecule has 0 fully saturated rings. The topological polar surface area (TPSA) is 46.8 Å². The molecule has 0 radical (unpaired) electrons. The monoisotopic (exact) mass is 1380 g/mol. The summed E-state index contributed by atoms with van der Waals surface area (Å²) in [7, 11) is 0. The summed E-state index contributed by atoms with van der Waals surface area (Å²) in [6.07, 6.45) is 2.77. The van der Waals surface area contributed by atoms with Crippen LogP contribution in [-0.4, -0.2) is 20.8 Å². The molecule has 0 unspecified atom stereocenters. The Bertz CT molecular complexity index is 7440. The Hall–Kier alpha value is -11.7. The summed E-state index contributed by atoms with van der Waals surface area (Å²) < 4.78 is 250. The molecule has 0 atom stereocenters. The van der Waals surface area contributed by atoms with Gasteiger partial charge in [0.05, 0.1) is 56.3 Å². The predicted molar refractivity (Wildman–Crippen MR) is 450 cm³/mol. The molecule has 18 rings (SSSR count). The third kappa shape index (κ3) is 10.9. The molecule has 5 heterocycles. The van der Waals surface area contributed by atoms with Gasteiger partial charge >= 0.3 is 0 Å². The van der Waals surface area contributed by atoms with Crippen LogP contribution in [0.25, 0.3) is 133 Å². The second kappa shape index (κ2) is 24.5. The number of hydrogen-bond donors (Lipinski definition) is 2. The molecule has 0 saturated heterocycles. The quantitative estimate of drug-likeness (QED) is 0.142. The second-order valence-electron chi connectivity index (χ2n) is 31.4. The van der Waals surface area contributed by atoms with Crippen molar-refractivity contribution in [2.75, 3.05) is 10.6 Å². The summed E-state index contributed by atoms with van der Waals surface area (Å²) in [5.74, 6) is 0. The summed E-state index contributed by atoms with van der Waals surface area (Å²) in [5.41, 5.74) is 1.50. The Kier molecular flexibility index (Phi) is 10.1. The number of hydrogen-bond acceptors (Lipinski definition) is 3. The van der Waals surface area contributed by atoms with Crippen LogP contribution >= 0.6 is 0 Å². The van der Waals surface area contributed by atoms with Crippen molar-refractivity contribution < 1.29 is 34.3 Å². The minimum Gasteiger partial charge on any atom is -0.356 e. The van der Waals surface area contributed by atoms with Crippen LogP contribution in [0.1, 0.15) is 140 Å². The number of pyridine rings is 1. The highest BCUT2D eigenvalue weighted by atomic mass is 15.0. The van der Waals surface area contributed by atoms with Gasteiger partial charge in [0.1, 0.15) is 0 Å². The molecule has 0 amide bonds. The highest BCUT2D eigenvalue weighted by molar-refractivity contribution is 7.00. The molecule has 2 N–H and O–H groups in total. The maximum Gasteiger partial charge on any atom is 0.252 e. The Balaban J connectivity index is 1.13. The lowest BCUT2D eigenvalue weighted by Gasteiger charge is -2.40. The van der Waals surface area contributed by atoms with Crippen molar-refractivity contribution in [2.24, 2.45) is 0 Å². The average Bonchev–Trinajstić information content (AvgIpc) is 0.792. The van der Waals surface area contributed by atoms with Crippen LogP contribution in [0.4, 0.5) is 22.7 Å². The van der Waals surface area contributed by atoms with E-state index in [1.165, 1.54) is 18.5 Å². The maximum absolute atomic E-state index is 10.6. The molecule has 13 aromatic carbocycles. The van der Waals surface area contributed by atoms with Gasteiger partial charge in [-0.3, -0.25) is 4.98 Å². The molecule has 0 bridgehead atoms. The van der Waals surface area contributed by atoms with Crippen molar-refractivity contribution in [1.29, 1.82) is 0 Å². The van der Waals surface area contributed by atoms with Gasteiger partial charge in [0.15, 0.2) is 0 Å². The molecular weight excluding hydrogens is 1270 g/mol. The zero-order valence-corrected chi connectivity index (χ0v) is 60.2. The third-order valence-electron chi connectivity index (χ3n) is 20.8. The first-order valence-corrected chi connectivity index (χ1v) is 35.2. The van der Waals surface area contributed by atoms with E-state index < -0.39 is 213 Å². The maximum atomic E-state index is 10.6. The lowest BCUT2D eigenvalue weighted by Crippen LogP contribution is -2.59. The fourth-order valence-corrected chi connectivity index (χ4v) is 15.5. The van der Waals surface area contributed by atoms with E-state index in [-0.39, 0.29) is 60.8 Å². The third-order valence-corrected chi connectivity index (χ3v) is 20.8. The van der Waals surface area contributed by atoms with E-state index in [9.17, 15) is 28.8 Å². The number of aromatic nitrogens is 3. The van der Waals surface area contributed by atoms with Crippen LogP contribution in [-0.2, 0) is 21.7 Å². The van der Waals surface area contributed by atoms with Gasteiger partial charge in [0.2, 0.25) is 0 Å². The Morgan fingerprint density at radius 2 is 0.676 bits per heavy atom. The highest BCUT2D eigenvalue weighted by Gasteiger charge is 2.44. The van der Waals surface area contributed by atoms with Crippen molar-refractivity contribution in [3.05, 3.63) is 313 Å². The van der Waals surface area contributed by atoms with Crippen molar-refractivity contribution in [3.63, 3.8) is 0 Å². The van der Waals surface area contributed by atoms with Gasteiger partial charge in [0, 0.05) is 101 Å². The second-order valence-corrected chi connectivity index (χ2v) is 31.4. The normalized spacial score (nSPS) is 16.2. The molecule has 16 aromatic rings.